The average Bonchev–Trinajstić information content (AvgIpc) is 3.27. The lowest BCUT2D eigenvalue weighted by Crippen LogP contribution is -2.20. The van der Waals surface area contributed by atoms with Crippen molar-refractivity contribution < 1.29 is 5.11 Å². The van der Waals surface area contributed by atoms with Gasteiger partial charge in [0.1, 0.15) is 5.01 Å². The van der Waals surface area contributed by atoms with E-state index in [0.29, 0.717) is 0 Å². The van der Waals surface area contributed by atoms with Crippen LogP contribution in [0.25, 0.3) is 9.88 Å². The van der Waals surface area contributed by atoms with Gasteiger partial charge in [-0.2, -0.15) is 0 Å². The van der Waals surface area contributed by atoms with E-state index in [2.05, 4.69) is 52.1 Å². The highest BCUT2D eigenvalue weighted by Crippen LogP contribution is 2.29. The second-order valence-electron chi connectivity index (χ2n) is 5.32. The van der Waals surface area contributed by atoms with E-state index >= 15 is 0 Å². The normalized spacial score (nSPS) is 12.4. The number of hydrogen-bond donors (Lipinski definition) is 2. The average molecular weight is 345 g/mol. The molecule has 0 spiro atoms. The van der Waals surface area contributed by atoms with Gasteiger partial charge in [0.15, 0.2) is 0 Å². The van der Waals surface area contributed by atoms with Crippen molar-refractivity contribution in [1.29, 1.82) is 0 Å². The number of nitrogens with zero attached hydrogens (tertiary/aromatic N) is 1. The second-order valence-corrected chi connectivity index (χ2v) is 7.38. The maximum Gasteiger partial charge on any atom is 0.133 e. The van der Waals surface area contributed by atoms with Gasteiger partial charge in [-0.3, -0.25) is 0 Å². The fourth-order valence-corrected chi connectivity index (χ4v) is 4.16. The van der Waals surface area contributed by atoms with Gasteiger partial charge in [0.25, 0.3) is 0 Å². The van der Waals surface area contributed by atoms with Gasteiger partial charge in [-0.15, -0.1) is 22.7 Å². The van der Waals surface area contributed by atoms with E-state index in [1.165, 1.54) is 15.3 Å². The third-order valence-corrected chi connectivity index (χ3v) is 5.70. The number of aliphatic hydroxyl groups is 1. The SMILES string of the molecule is OCCCC(NCc1cnc(-c2cccs2)s1)c1ccccc1. The minimum Gasteiger partial charge on any atom is -0.396 e. The number of benzene rings is 1. The Morgan fingerprint density at radius 2 is 2.00 bits per heavy atom. The minimum absolute atomic E-state index is 0.230. The lowest BCUT2D eigenvalue weighted by Gasteiger charge is -2.18. The van der Waals surface area contributed by atoms with Crippen molar-refractivity contribution in [3.8, 4) is 9.88 Å². The molecule has 0 aliphatic heterocycles. The molecule has 1 atom stereocenters. The van der Waals surface area contributed by atoms with Gasteiger partial charge in [-0.1, -0.05) is 36.4 Å². The fraction of sp³-hybridized carbons (Fsp3) is 0.278. The molecular formula is C18H20N2OS2. The molecule has 2 N–H and O–H groups in total. The summed E-state index contributed by atoms with van der Waals surface area (Å²) in [6.07, 6.45) is 3.69. The van der Waals surface area contributed by atoms with Gasteiger partial charge < -0.3 is 10.4 Å². The quantitative estimate of drug-likeness (QED) is 0.633. The van der Waals surface area contributed by atoms with E-state index in [0.717, 1.165) is 24.4 Å². The zero-order chi connectivity index (χ0) is 15.9. The highest BCUT2D eigenvalue weighted by molar-refractivity contribution is 7.20. The summed E-state index contributed by atoms with van der Waals surface area (Å²) in [7, 11) is 0. The second kappa shape index (κ2) is 8.36. The maximum absolute atomic E-state index is 9.12. The molecule has 2 aromatic heterocycles. The van der Waals surface area contributed by atoms with Crippen LogP contribution < -0.4 is 5.32 Å². The van der Waals surface area contributed by atoms with Crippen LogP contribution in [0.5, 0.6) is 0 Å². The van der Waals surface area contributed by atoms with E-state index in [9.17, 15) is 0 Å². The van der Waals surface area contributed by atoms with Crippen LogP contribution in [0, 0.1) is 0 Å². The van der Waals surface area contributed by atoms with Crippen LogP contribution in [0.1, 0.15) is 29.3 Å². The van der Waals surface area contributed by atoms with Crippen molar-refractivity contribution in [3.05, 3.63) is 64.5 Å². The summed E-state index contributed by atoms with van der Waals surface area (Å²) in [4.78, 5) is 6.98. The van der Waals surface area contributed by atoms with Gasteiger partial charge in [0.05, 0.1) is 4.88 Å². The summed E-state index contributed by atoms with van der Waals surface area (Å²) >= 11 is 3.46. The smallest absolute Gasteiger partial charge is 0.133 e. The summed E-state index contributed by atoms with van der Waals surface area (Å²) in [5.41, 5.74) is 1.27. The number of aromatic nitrogens is 1. The molecule has 0 aliphatic carbocycles. The van der Waals surface area contributed by atoms with Gasteiger partial charge in [0, 0.05) is 30.3 Å². The van der Waals surface area contributed by atoms with Crippen LogP contribution in [-0.4, -0.2) is 16.7 Å². The summed E-state index contributed by atoms with van der Waals surface area (Å²) < 4.78 is 0. The Balaban J connectivity index is 1.64. The molecule has 0 saturated heterocycles. The molecular weight excluding hydrogens is 324 g/mol. The predicted octanol–water partition coefficient (Wildman–Crippen LogP) is 4.48. The topological polar surface area (TPSA) is 45.1 Å². The van der Waals surface area contributed by atoms with Crippen LogP contribution >= 0.6 is 22.7 Å². The Morgan fingerprint density at radius 1 is 1.13 bits per heavy atom. The molecule has 1 unspecified atom stereocenters. The summed E-state index contributed by atoms with van der Waals surface area (Å²) in [6.45, 7) is 1.03. The molecule has 1 aromatic carbocycles. The van der Waals surface area contributed by atoms with Gasteiger partial charge in [-0.05, 0) is 29.9 Å². The molecule has 3 nitrogen and oxygen atoms in total. The molecule has 3 rings (SSSR count). The van der Waals surface area contributed by atoms with Gasteiger partial charge >= 0.3 is 0 Å². The number of thiophene rings is 1. The van der Waals surface area contributed by atoms with E-state index in [1.807, 2.05) is 12.3 Å². The first-order chi connectivity index (χ1) is 11.4. The van der Waals surface area contributed by atoms with Crippen LogP contribution in [-0.2, 0) is 6.54 Å². The zero-order valence-corrected chi connectivity index (χ0v) is 14.4. The lowest BCUT2D eigenvalue weighted by molar-refractivity contribution is 0.275. The summed E-state index contributed by atoms with van der Waals surface area (Å²) in [5.74, 6) is 0. The first-order valence-electron chi connectivity index (χ1n) is 7.74. The highest BCUT2D eigenvalue weighted by atomic mass is 32.1. The van der Waals surface area contributed by atoms with Crippen molar-refractivity contribution in [2.75, 3.05) is 6.61 Å². The third-order valence-electron chi connectivity index (χ3n) is 3.66. The number of rotatable bonds is 8. The Kier molecular flexibility index (Phi) is 5.93. The van der Waals surface area contributed by atoms with Crippen molar-refractivity contribution in [1.82, 2.24) is 10.3 Å². The zero-order valence-electron chi connectivity index (χ0n) is 12.8. The Labute approximate surface area is 144 Å². The molecule has 23 heavy (non-hydrogen) atoms. The Morgan fingerprint density at radius 3 is 2.74 bits per heavy atom. The molecule has 0 bridgehead atoms. The van der Waals surface area contributed by atoms with Crippen LogP contribution in [0.2, 0.25) is 0 Å². The molecule has 0 radical (unpaired) electrons. The van der Waals surface area contributed by atoms with Crippen molar-refractivity contribution in [2.24, 2.45) is 0 Å². The largest absolute Gasteiger partial charge is 0.396 e. The number of hydrogen-bond acceptors (Lipinski definition) is 5. The molecule has 2 heterocycles. The highest BCUT2D eigenvalue weighted by Gasteiger charge is 2.12. The number of nitrogens with one attached hydrogen (secondary N) is 1. The third kappa shape index (κ3) is 4.48. The molecule has 3 aromatic rings. The molecule has 0 saturated carbocycles. The minimum atomic E-state index is 0.230. The lowest BCUT2D eigenvalue weighted by atomic mass is 10.0. The Hall–Kier alpha value is -1.53. The van der Waals surface area contributed by atoms with Gasteiger partial charge in [0.2, 0.25) is 0 Å². The summed E-state index contributed by atoms with van der Waals surface area (Å²) in [6, 6.07) is 14.8. The van der Waals surface area contributed by atoms with Crippen molar-refractivity contribution in [3.63, 3.8) is 0 Å². The first kappa shape index (κ1) is 16.3. The Bertz CT molecular complexity index is 695. The first-order valence-corrected chi connectivity index (χ1v) is 9.44. The van der Waals surface area contributed by atoms with Gasteiger partial charge in [-0.25, -0.2) is 4.98 Å². The van der Waals surface area contributed by atoms with E-state index in [4.69, 9.17) is 5.11 Å². The van der Waals surface area contributed by atoms with Crippen LogP contribution in [0.4, 0.5) is 0 Å². The predicted molar refractivity (Wildman–Crippen MR) is 97.8 cm³/mol. The maximum atomic E-state index is 9.12. The molecule has 5 heteroatoms. The van der Waals surface area contributed by atoms with Crippen LogP contribution in [0.15, 0.2) is 54.0 Å². The van der Waals surface area contributed by atoms with E-state index in [-0.39, 0.29) is 12.6 Å². The molecule has 0 amide bonds. The molecule has 0 fully saturated rings. The molecule has 0 aliphatic rings. The monoisotopic (exact) mass is 344 g/mol. The van der Waals surface area contributed by atoms with Crippen molar-refractivity contribution >= 4 is 22.7 Å². The van der Waals surface area contributed by atoms with E-state index in [1.54, 1.807) is 22.7 Å². The van der Waals surface area contributed by atoms with E-state index < -0.39 is 0 Å². The summed E-state index contributed by atoms with van der Waals surface area (Å²) in [5, 5.41) is 15.9. The van der Waals surface area contributed by atoms with Crippen LogP contribution in [0.3, 0.4) is 0 Å². The standard InChI is InChI=1S/C18H20N2OS2/c21-10-4-8-16(14-6-2-1-3-7-14)19-12-15-13-20-18(23-15)17-9-5-11-22-17/h1-3,5-7,9,11,13,16,19,21H,4,8,10,12H2. The number of thiazole rings is 1. The van der Waals surface area contributed by atoms with Crippen molar-refractivity contribution in [2.45, 2.75) is 25.4 Å². The molecule has 120 valence electrons. The fourth-order valence-electron chi connectivity index (χ4n) is 2.49. The number of aliphatic hydroxyl groups excluding tert-OH is 1.